The molecule has 0 aliphatic heterocycles. The number of pyridine rings is 1. The lowest BCUT2D eigenvalue weighted by Crippen LogP contribution is -2.10. The van der Waals surface area contributed by atoms with E-state index in [4.69, 9.17) is 0 Å². The minimum atomic E-state index is -0.543. The molecule has 0 atom stereocenters. The Hall–Kier alpha value is -2.49. The van der Waals surface area contributed by atoms with Gasteiger partial charge in [-0.05, 0) is 24.6 Å². The van der Waals surface area contributed by atoms with Crippen molar-refractivity contribution in [3.8, 4) is 0 Å². The number of allylic oxidation sites excluding steroid dienone is 1. The van der Waals surface area contributed by atoms with Crippen molar-refractivity contribution in [1.29, 1.82) is 0 Å². The molecular formula is C17H18FN3. The summed E-state index contributed by atoms with van der Waals surface area (Å²) in [6.45, 7) is 5.89. The number of aliphatic imine (C=N–C) groups is 1. The molecule has 1 N–H and O–H groups in total. The molecule has 0 amide bonds. The van der Waals surface area contributed by atoms with Gasteiger partial charge in [-0.2, -0.15) is 4.39 Å². The zero-order chi connectivity index (χ0) is 15.4. The van der Waals surface area contributed by atoms with Crippen LogP contribution in [0.1, 0.15) is 23.6 Å². The molecule has 1 heterocycles. The van der Waals surface area contributed by atoms with Gasteiger partial charge in [-0.25, -0.2) is 4.98 Å². The van der Waals surface area contributed by atoms with Crippen LogP contribution in [0.5, 0.6) is 0 Å². The number of nitrogens with zero attached hydrogens (tertiary/aromatic N) is 2. The second kappa shape index (κ2) is 6.31. The van der Waals surface area contributed by atoms with Gasteiger partial charge < -0.3 is 5.32 Å². The van der Waals surface area contributed by atoms with Crippen molar-refractivity contribution in [1.82, 2.24) is 4.98 Å². The second-order valence-corrected chi connectivity index (χ2v) is 4.68. The van der Waals surface area contributed by atoms with Crippen molar-refractivity contribution in [2.45, 2.75) is 6.92 Å². The van der Waals surface area contributed by atoms with Crippen LogP contribution >= 0.6 is 0 Å². The fraction of sp³-hybridized carbons (Fsp3) is 0.176. The van der Waals surface area contributed by atoms with Gasteiger partial charge in [-0.3, -0.25) is 4.99 Å². The average molecular weight is 283 g/mol. The lowest BCUT2D eigenvalue weighted by Gasteiger charge is -2.13. The van der Waals surface area contributed by atoms with Crippen LogP contribution in [-0.2, 0) is 0 Å². The van der Waals surface area contributed by atoms with Gasteiger partial charge in [0.1, 0.15) is 5.82 Å². The third-order valence-corrected chi connectivity index (χ3v) is 3.23. The number of halogens is 1. The summed E-state index contributed by atoms with van der Waals surface area (Å²) in [7, 11) is 3.35. The third-order valence-electron chi connectivity index (χ3n) is 3.23. The van der Waals surface area contributed by atoms with E-state index in [2.05, 4.69) is 21.9 Å². The van der Waals surface area contributed by atoms with E-state index in [-0.39, 0.29) is 0 Å². The van der Waals surface area contributed by atoms with Crippen molar-refractivity contribution in [3.63, 3.8) is 0 Å². The maximum absolute atomic E-state index is 14.2. The molecule has 0 saturated heterocycles. The largest absolute Gasteiger partial charge is 0.373 e. The minimum absolute atomic E-state index is 0.380. The maximum atomic E-state index is 14.2. The van der Waals surface area contributed by atoms with Crippen LogP contribution in [0.15, 0.2) is 48.0 Å². The Morgan fingerprint density at radius 2 is 1.81 bits per heavy atom. The molecule has 108 valence electrons. The van der Waals surface area contributed by atoms with E-state index in [1.807, 2.05) is 31.2 Å². The normalized spacial score (nSPS) is 11.3. The number of benzene rings is 1. The summed E-state index contributed by atoms with van der Waals surface area (Å²) in [5, 5.41) is 2.82. The lowest BCUT2D eigenvalue weighted by atomic mass is 9.95. The first-order valence-electron chi connectivity index (χ1n) is 6.65. The Kier molecular flexibility index (Phi) is 4.48. The first-order chi connectivity index (χ1) is 10.1. The van der Waals surface area contributed by atoms with Gasteiger partial charge in [-0.1, -0.05) is 36.4 Å². The minimum Gasteiger partial charge on any atom is -0.373 e. The molecule has 1 aromatic carbocycles. The Morgan fingerprint density at radius 1 is 1.14 bits per heavy atom. The molecule has 0 radical (unpaired) electrons. The molecular weight excluding hydrogens is 265 g/mol. The molecule has 0 saturated carbocycles. The molecule has 0 fully saturated rings. The molecule has 0 aliphatic carbocycles. The van der Waals surface area contributed by atoms with Crippen LogP contribution in [0.2, 0.25) is 0 Å². The predicted octanol–water partition coefficient (Wildman–Crippen LogP) is 3.76. The summed E-state index contributed by atoms with van der Waals surface area (Å²) in [5.74, 6) is -0.0566. The highest BCUT2D eigenvalue weighted by molar-refractivity contribution is 6.15. The summed E-state index contributed by atoms with van der Waals surface area (Å²) >= 11 is 0. The van der Waals surface area contributed by atoms with Crippen LogP contribution in [0, 0.1) is 5.95 Å². The number of rotatable bonds is 4. The average Bonchev–Trinajstić information content (AvgIpc) is 2.49. The third kappa shape index (κ3) is 2.99. The van der Waals surface area contributed by atoms with E-state index in [0.29, 0.717) is 17.1 Å². The summed E-state index contributed by atoms with van der Waals surface area (Å²) in [4.78, 5) is 8.14. The molecule has 2 aromatic rings. The Bertz CT molecular complexity index is 705. The fourth-order valence-electron chi connectivity index (χ4n) is 2.20. The van der Waals surface area contributed by atoms with Crippen LogP contribution < -0.4 is 5.32 Å². The topological polar surface area (TPSA) is 37.3 Å². The monoisotopic (exact) mass is 283 g/mol. The zero-order valence-electron chi connectivity index (χ0n) is 12.4. The molecule has 3 nitrogen and oxygen atoms in total. The van der Waals surface area contributed by atoms with Gasteiger partial charge in [0.15, 0.2) is 0 Å². The Balaban J connectivity index is 2.59. The van der Waals surface area contributed by atoms with Crippen LogP contribution in [0.25, 0.3) is 5.57 Å². The van der Waals surface area contributed by atoms with Crippen molar-refractivity contribution >= 4 is 17.1 Å². The van der Waals surface area contributed by atoms with Crippen molar-refractivity contribution in [3.05, 3.63) is 65.6 Å². The molecule has 0 bridgehead atoms. The first-order valence-corrected chi connectivity index (χ1v) is 6.65. The highest BCUT2D eigenvalue weighted by Gasteiger charge is 2.16. The SMILES string of the molecule is C=C(C)c1ccccc1C(=NC)c1ccc(NC)nc1F. The number of nitrogens with one attached hydrogen (secondary N) is 1. The van der Waals surface area contributed by atoms with Crippen molar-refractivity contribution in [2.24, 2.45) is 4.99 Å². The van der Waals surface area contributed by atoms with Gasteiger partial charge >= 0.3 is 0 Å². The quantitative estimate of drug-likeness (QED) is 0.685. The molecule has 0 unspecified atom stereocenters. The predicted molar refractivity (Wildman–Crippen MR) is 86.5 cm³/mol. The zero-order valence-corrected chi connectivity index (χ0v) is 12.4. The van der Waals surface area contributed by atoms with Crippen LogP contribution in [0.3, 0.4) is 0 Å². The first kappa shape index (κ1) is 14.9. The summed E-state index contributed by atoms with van der Waals surface area (Å²) in [6.07, 6.45) is 0. The molecule has 2 rings (SSSR count). The molecule has 0 spiro atoms. The van der Waals surface area contributed by atoms with Crippen LogP contribution in [0.4, 0.5) is 10.2 Å². The molecule has 4 heteroatoms. The maximum Gasteiger partial charge on any atom is 0.224 e. The van der Waals surface area contributed by atoms with Crippen molar-refractivity contribution < 1.29 is 4.39 Å². The Morgan fingerprint density at radius 3 is 2.33 bits per heavy atom. The number of hydrogen-bond donors (Lipinski definition) is 1. The van der Waals surface area contributed by atoms with E-state index in [1.54, 1.807) is 26.2 Å². The smallest absolute Gasteiger partial charge is 0.224 e. The van der Waals surface area contributed by atoms with Gasteiger partial charge in [0, 0.05) is 19.7 Å². The van der Waals surface area contributed by atoms with Gasteiger partial charge in [0.05, 0.1) is 11.3 Å². The standard InChI is InChI=1S/C17H18FN3/c1-11(2)12-7-5-6-8-13(12)16(20-4)14-9-10-15(19-3)21-17(14)18/h5-10H,1H2,2-4H3,(H,19,21). The van der Waals surface area contributed by atoms with Gasteiger partial charge in [-0.15, -0.1) is 0 Å². The van der Waals surface area contributed by atoms with E-state index < -0.39 is 5.95 Å². The Labute approximate surface area is 124 Å². The molecule has 21 heavy (non-hydrogen) atoms. The lowest BCUT2D eigenvalue weighted by molar-refractivity contribution is 0.583. The molecule has 0 aliphatic rings. The van der Waals surface area contributed by atoms with E-state index in [1.165, 1.54) is 0 Å². The highest BCUT2D eigenvalue weighted by atomic mass is 19.1. The van der Waals surface area contributed by atoms with Gasteiger partial charge in [0.2, 0.25) is 5.95 Å². The second-order valence-electron chi connectivity index (χ2n) is 4.68. The summed E-state index contributed by atoms with van der Waals surface area (Å²) < 4.78 is 14.2. The molecule has 1 aromatic heterocycles. The number of aromatic nitrogens is 1. The number of hydrogen-bond acceptors (Lipinski definition) is 3. The van der Waals surface area contributed by atoms with Crippen molar-refractivity contribution in [2.75, 3.05) is 19.4 Å². The van der Waals surface area contributed by atoms with E-state index in [0.717, 1.165) is 16.7 Å². The van der Waals surface area contributed by atoms with E-state index in [9.17, 15) is 4.39 Å². The summed E-state index contributed by atoms with van der Waals surface area (Å²) in [6, 6.07) is 11.1. The van der Waals surface area contributed by atoms with Crippen LogP contribution in [-0.4, -0.2) is 24.8 Å². The van der Waals surface area contributed by atoms with E-state index >= 15 is 0 Å². The fourth-order valence-corrected chi connectivity index (χ4v) is 2.20. The highest BCUT2D eigenvalue weighted by Crippen LogP contribution is 2.22. The summed E-state index contributed by atoms with van der Waals surface area (Å²) in [5.41, 5.74) is 3.67. The van der Waals surface area contributed by atoms with Gasteiger partial charge in [0.25, 0.3) is 0 Å². The number of anilines is 1.